The standard InChI is InChI=1S/C11H16ClNO4S/c1-2-3-6-16-7-8-17-11-5-4-10(9-13-11)18(12,14)15/h4-5,9H,2-3,6-8H2,1H3. The van der Waals surface area contributed by atoms with Gasteiger partial charge in [-0.2, -0.15) is 0 Å². The molecule has 0 fully saturated rings. The Morgan fingerprint density at radius 1 is 1.28 bits per heavy atom. The molecule has 1 rings (SSSR count). The van der Waals surface area contributed by atoms with E-state index in [-0.39, 0.29) is 4.90 Å². The molecule has 0 spiro atoms. The van der Waals surface area contributed by atoms with Crippen LogP contribution in [0.1, 0.15) is 19.8 Å². The predicted molar refractivity (Wildman–Crippen MR) is 68.5 cm³/mol. The number of hydrogen-bond donors (Lipinski definition) is 0. The van der Waals surface area contributed by atoms with Gasteiger partial charge in [0, 0.05) is 23.4 Å². The number of nitrogens with zero attached hydrogens (tertiary/aromatic N) is 1. The lowest BCUT2D eigenvalue weighted by atomic mass is 10.4. The molecule has 0 aliphatic rings. The van der Waals surface area contributed by atoms with E-state index in [1.54, 1.807) is 0 Å². The first-order valence-electron chi connectivity index (χ1n) is 5.65. The van der Waals surface area contributed by atoms with Gasteiger partial charge in [0.1, 0.15) is 11.5 Å². The average Bonchev–Trinajstić information content (AvgIpc) is 2.33. The Bertz CT molecular complexity index is 447. The second-order valence-corrected chi connectivity index (χ2v) is 6.15. The predicted octanol–water partition coefficient (Wildman–Crippen LogP) is 2.20. The second kappa shape index (κ2) is 7.56. The summed E-state index contributed by atoms with van der Waals surface area (Å²) < 4.78 is 32.5. The fourth-order valence-electron chi connectivity index (χ4n) is 1.15. The molecule has 0 unspecified atom stereocenters. The molecular formula is C11H16ClNO4S. The van der Waals surface area contributed by atoms with Gasteiger partial charge in [0.05, 0.1) is 12.8 Å². The molecule has 7 heteroatoms. The fraction of sp³-hybridized carbons (Fsp3) is 0.545. The van der Waals surface area contributed by atoms with Crippen LogP contribution in [0.2, 0.25) is 0 Å². The smallest absolute Gasteiger partial charge is 0.262 e. The summed E-state index contributed by atoms with van der Waals surface area (Å²) in [4.78, 5) is 3.79. The third kappa shape index (κ3) is 5.66. The van der Waals surface area contributed by atoms with Gasteiger partial charge in [0.25, 0.3) is 9.05 Å². The molecule has 0 bridgehead atoms. The SMILES string of the molecule is CCCCOCCOc1ccc(S(=O)(=O)Cl)cn1. The van der Waals surface area contributed by atoms with Crippen LogP contribution in [-0.4, -0.2) is 33.2 Å². The topological polar surface area (TPSA) is 65.5 Å². The number of unbranched alkanes of at least 4 members (excludes halogenated alkanes) is 1. The number of pyridine rings is 1. The highest BCUT2D eigenvalue weighted by Crippen LogP contribution is 2.15. The third-order valence-electron chi connectivity index (χ3n) is 2.11. The van der Waals surface area contributed by atoms with Crippen molar-refractivity contribution in [1.82, 2.24) is 4.98 Å². The first-order chi connectivity index (χ1) is 8.54. The highest BCUT2D eigenvalue weighted by atomic mass is 35.7. The lowest BCUT2D eigenvalue weighted by Gasteiger charge is -2.06. The summed E-state index contributed by atoms with van der Waals surface area (Å²) in [5.74, 6) is 0.346. The van der Waals surface area contributed by atoms with Crippen molar-refractivity contribution in [3.8, 4) is 5.88 Å². The molecule has 5 nitrogen and oxygen atoms in total. The molecule has 1 aromatic rings. The van der Waals surface area contributed by atoms with E-state index in [9.17, 15) is 8.42 Å². The van der Waals surface area contributed by atoms with Gasteiger partial charge >= 0.3 is 0 Å². The first kappa shape index (κ1) is 15.2. The first-order valence-corrected chi connectivity index (χ1v) is 7.96. The summed E-state index contributed by atoms with van der Waals surface area (Å²) in [5.41, 5.74) is 0. The van der Waals surface area contributed by atoms with Crippen molar-refractivity contribution in [2.75, 3.05) is 19.8 Å². The summed E-state index contributed by atoms with van der Waals surface area (Å²) in [6, 6.07) is 2.81. The average molecular weight is 294 g/mol. The number of rotatable bonds is 8. The maximum Gasteiger partial charge on any atom is 0.262 e. The van der Waals surface area contributed by atoms with Gasteiger partial charge in [0.2, 0.25) is 5.88 Å². The van der Waals surface area contributed by atoms with Gasteiger partial charge in [-0.1, -0.05) is 13.3 Å². The number of aromatic nitrogens is 1. The van der Waals surface area contributed by atoms with Crippen LogP contribution in [0, 0.1) is 0 Å². The van der Waals surface area contributed by atoms with Crippen molar-refractivity contribution in [3.63, 3.8) is 0 Å². The van der Waals surface area contributed by atoms with Crippen LogP contribution in [-0.2, 0) is 13.8 Å². The maximum atomic E-state index is 11.0. The monoisotopic (exact) mass is 293 g/mol. The second-order valence-electron chi connectivity index (χ2n) is 3.58. The molecule has 1 aromatic heterocycles. The Morgan fingerprint density at radius 2 is 2.06 bits per heavy atom. The zero-order valence-electron chi connectivity index (χ0n) is 10.1. The Morgan fingerprint density at radius 3 is 2.61 bits per heavy atom. The Labute approximate surface area is 112 Å². The summed E-state index contributed by atoms with van der Waals surface area (Å²) in [5, 5.41) is 0. The van der Waals surface area contributed by atoms with E-state index in [0.29, 0.717) is 19.1 Å². The highest BCUT2D eigenvalue weighted by Gasteiger charge is 2.10. The van der Waals surface area contributed by atoms with E-state index in [1.807, 2.05) is 0 Å². The van der Waals surface area contributed by atoms with Crippen LogP contribution in [0.15, 0.2) is 23.2 Å². The molecule has 0 N–H and O–H groups in total. The minimum atomic E-state index is -3.73. The van der Waals surface area contributed by atoms with Crippen molar-refractivity contribution in [3.05, 3.63) is 18.3 Å². The van der Waals surface area contributed by atoms with E-state index in [2.05, 4.69) is 11.9 Å². The van der Waals surface area contributed by atoms with Crippen molar-refractivity contribution in [2.24, 2.45) is 0 Å². The molecule has 0 saturated heterocycles. The van der Waals surface area contributed by atoms with Gasteiger partial charge in [0.15, 0.2) is 0 Å². The third-order valence-corrected chi connectivity index (χ3v) is 3.45. The minimum Gasteiger partial charge on any atom is -0.475 e. The van der Waals surface area contributed by atoms with Gasteiger partial charge < -0.3 is 9.47 Å². The van der Waals surface area contributed by atoms with Gasteiger partial charge in [-0.3, -0.25) is 0 Å². The van der Waals surface area contributed by atoms with E-state index in [0.717, 1.165) is 25.6 Å². The lowest BCUT2D eigenvalue weighted by Crippen LogP contribution is -2.08. The van der Waals surface area contributed by atoms with E-state index < -0.39 is 9.05 Å². The number of hydrogen-bond acceptors (Lipinski definition) is 5. The molecule has 0 aromatic carbocycles. The maximum absolute atomic E-state index is 11.0. The van der Waals surface area contributed by atoms with Crippen molar-refractivity contribution < 1.29 is 17.9 Å². The Balaban J connectivity index is 2.32. The number of halogens is 1. The van der Waals surface area contributed by atoms with E-state index in [1.165, 1.54) is 12.1 Å². The summed E-state index contributed by atoms with van der Waals surface area (Å²) in [6.45, 7) is 3.67. The molecule has 102 valence electrons. The summed E-state index contributed by atoms with van der Waals surface area (Å²) >= 11 is 0. The van der Waals surface area contributed by atoms with Crippen LogP contribution in [0.5, 0.6) is 5.88 Å². The number of ether oxygens (including phenoxy) is 2. The Hall–Kier alpha value is -0.850. The molecule has 0 saturated carbocycles. The molecule has 0 aliphatic carbocycles. The molecule has 0 amide bonds. The zero-order chi connectivity index (χ0) is 13.4. The van der Waals surface area contributed by atoms with Crippen LogP contribution < -0.4 is 4.74 Å². The van der Waals surface area contributed by atoms with Crippen molar-refractivity contribution in [1.29, 1.82) is 0 Å². The van der Waals surface area contributed by atoms with Crippen molar-refractivity contribution >= 4 is 19.7 Å². The Kier molecular flexibility index (Phi) is 6.38. The van der Waals surface area contributed by atoms with Crippen LogP contribution in [0.25, 0.3) is 0 Å². The van der Waals surface area contributed by atoms with Crippen LogP contribution in [0.3, 0.4) is 0 Å². The van der Waals surface area contributed by atoms with Crippen LogP contribution in [0.4, 0.5) is 0 Å². The molecule has 0 aliphatic heterocycles. The quantitative estimate of drug-likeness (QED) is 0.543. The van der Waals surface area contributed by atoms with Gasteiger partial charge in [-0.25, -0.2) is 13.4 Å². The summed E-state index contributed by atoms with van der Waals surface area (Å²) in [6.07, 6.45) is 3.28. The lowest BCUT2D eigenvalue weighted by molar-refractivity contribution is 0.0965. The molecule has 0 atom stereocenters. The van der Waals surface area contributed by atoms with E-state index >= 15 is 0 Å². The molecule has 0 radical (unpaired) electrons. The largest absolute Gasteiger partial charge is 0.475 e. The summed E-state index contributed by atoms with van der Waals surface area (Å²) in [7, 11) is 1.43. The van der Waals surface area contributed by atoms with E-state index in [4.69, 9.17) is 20.2 Å². The van der Waals surface area contributed by atoms with Crippen LogP contribution >= 0.6 is 10.7 Å². The molecule has 1 heterocycles. The minimum absolute atomic E-state index is 0.0456. The fourth-order valence-corrected chi connectivity index (χ4v) is 1.83. The highest BCUT2D eigenvalue weighted by molar-refractivity contribution is 8.13. The van der Waals surface area contributed by atoms with Gasteiger partial charge in [-0.15, -0.1) is 0 Å². The zero-order valence-corrected chi connectivity index (χ0v) is 11.7. The van der Waals surface area contributed by atoms with Crippen molar-refractivity contribution in [2.45, 2.75) is 24.7 Å². The van der Waals surface area contributed by atoms with Gasteiger partial charge in [-0.05, 0) is 12.5 Å². The normalized spacial score (nSPS) is 11.4. The molecular weight excluding hydrogens is 278 g/mol. The molecule has 18 heavy (non-hydrogen) atoms.